The molecular formula is C11H10BrN5O. The maximum absolute atomic E-state index is 11.6. The minimum atomic E-state index is -0.395. The second-order valence-corrected chi connectivity index (χ2v) is 4.31. The van der Waals surface area contributed by atoms with Crippen LogP contribution in [0.25, 0.3) is 0 Å². The molecule has 0 saturated carbocycles. The van der Waals surface area contributed by atoms with E-state index in [9.17, 15) is 4.79 Å². The van der Waals surface area contributed by atoms with Crippen LogP contribution in [0.1, 0.15) is 5.69 Å². The molecule has 2 rings (SSSR count). The van der Waals surface area contributed by atoms with E-state index < -0.39 is 6.03 Å². The highest BCUT2D eigenvalue weighted by molar-refractivity contribution is 9.10. The Morgan fingerprint density at radius 2 is 2.06 bits per heavy atom. The Morgan fingerprint density at radius 3 is 2.72 bits per heavy atom. The lowest BCUT2D eigenvalue weighted by molar-refractivity contribution is 0.262. The molecule has 0 aliphatic carbocycles. The number of hydrogen-bond acceptors (Lipinski definition) is 4. The lowest BCUT2D eigenvalue weighted by Gasteiger charge is -2.06. The number of halogens is 1. The quantitative estimate of drug-likeness (QED) is 0.893. The SMILES string of the molecule is Cc1ccc(NC(=O)Nc2cncc(Br)n2)cn1. The van der Waals surface area contributed by atoms with Crippen molar-refractivity contribution >= 4 is 33.5 Å². The molecule has 0 saturated heterocycles. The van der Waals surface area contributed by atoms with Crippen molar-refractivity contribution < 1.29 is 4.79 Å². The summed E-state index contributed by atoms with van der Waals surface area (Å²) in [5.41, 5.74) is 1.50. The Balaban J connectivity index is 1.98. The number of aromatic nitrogens is 3. The Labute approximate surface area is 112 Å². The van der Waals surface area contributed by atoms with Crippen molar-refractivity contribution in [3.63, 3.8) is 0 Å². The molecule has 0 unspecified atom stereocenters. The monoisotopic (exact) mass is 307 g/mol. The number of pyridine rings is 1. The molecule has 0 fully saturated rings. The molecule has 2 aromatic rings. The van der Waals surface area contributed by atoms with Crippen LogP contribution < -0.4 is 10.6 Å². The number of rotatable bonds is 2. The van der Waals surface area contributed by atoms with Crippen LogP contribution in [0, 0.1) is 6.92 Å². The van der Waals surface area contributed by atoms with Crippen LogP contribution in [-0.4, -0.2) is 21.0 Å². The highest BCUT2D eigenvalue weighted by Crippen LogP contribution is 2.09. The normalized spacial score (nSPS) is 9.89. The Kier molecular flexibility index (Phi) is 3.83. The standard InChI is InChI=1S/C11H10BrN5O/c1-7-2-3-8(4-14-7)15-11(18)17-10-6-13-5-9(12)16-10/h2-6H,1H3,(H2,15,16,17,18). The smallest absolute Gasteiger partial charge is 0.306 e. The lowest BCUT2D eigenvalue weighted by atomic mass is 10.3. The number of hydrogen-bond donors (Lipinski definition) is 2. The van der Waals surface area contributed by atoms with E-state index in [2.05, 4.69) is 41.5 Å². The van der Waals surface area contributed by atoms with Crippen LogP contribution >= 0.6 is 15.9 Å². The summed E-state index contributed by atoms with van der Waals surface area (Å²) >= 11 is 3.17. The summed E-state index contributed by atoms with van der Waals surface area (Å²) < 4.78 is 0.553. The lowest BCUT2D eigenvalue weighted by Crippen LogP contribution is -2.20. The third-order valence-electron chi connectivity index (χ3n) is 2.02. The molecule has 7 heteroatoms. The fourth-order valence-corrected chi connectivity index (χ4v) is 1.53. The molecule has 0 radical (unpaired) electrons. The van der Waals surface area contributed by atoms with E-state index in [0.29, 0.717) is 16.1 Å². The largest absolute Gasteiger partial charge is 0.324 e. The summed E-state index contributed by atoms with van der Waals surface area (Å²) in [4.78, 5) is 23.6. The maximum Gasteiger partial charge on any atom is 0.324 e. The zero-order valence-corrected chi connectivity index (χ0v) is 11.1. The minimum absolute atomic E-state index is 0.363. The van der Waals surface area contributed by atoms with E-state index in [-0.39, 0.29) is 0 Å². The van der Waals surface area contributed by atoms with Crippen LogP contribution in [0.3, 0.4) is 0 Å². The van der Waals surface area contributed by atoms with Gasteiger partial charge in [-0.15, -0.1) is 0 Å². The second kappa shape index (κ2) is 5.54. The highest BCUT2D eigenvalue weighted by Gasteiger charge is 2.04. The van der Waals surface area contributed by atoms with Gasteiger partial charge in [-0.1, -0.05) is 0 Å². The van der Waals surface area contributed by atoms with Crippen molar-refractivity contribution in [3.05, 3.63) is 41.0 Å². The topological polar surface area (TPSA) is 79.8 Å². The van der Waals surface area contributed by atoms with E-state index >= 15 is 0 Å². The summed E-state index contributed by atoms with van der Waals surface area (Å²) in [5, 5.41) is 5.21. The predicted molar refractivity (Wildman–Crippen MR) is 71.3 cm³/mol. The molecule has 0 atom stereocenters. The fourth-order valence-electron chi connectivity index (χ4n) is 1.22. The third-order valence-corrected chi connectivity index (χ3v) is 2.40. The van der Waals surface area contributed by atoms with E-state index in [1.807, 2.05) is 13.0 Å². The molecule has 0 bridgehead atoms. The van der Waals surface area contributed by atoms with Gasteiger partial charge < -0.3 is 5.32 Å². The Hall–Kier alpha value is -2.02. The summed E-state index contributed by atoms with van der Waals surface area (Å²) in [5.74, 6) is 0.363. The van der Waals surface area contributed by atoms with Gasteiger partial charge in [0.2, 0.25) is 0 Å². The maximum atomic E-state index is 11.6. The third kappa shape index (κ3) is 3.49. The first-order chi connectivity index (χ1) is 8.63. The van der Waals surface area contributed by atoms with Crippen LogP contribution in [0.5, 0.6) is 0 Å². The molecule has 0 spiro atoms. The van der Waals surface area contributed by atoms with Crippen LogP contribution in [0.2, 0.25) is 0 Å². The zero-order valence-electron chi connectivity index (χ0n) is 9.51. The fraction of sp³-hybridized carbons (Fsp3) is 0.0909. The molecule has 2 N–H and O–H groups in total. The summed E-state index contributed by atoms with van der Waals surface area (Å²) in [6, 6.07) is 3.19. The van der Waals surface area contributed by atoms with Gasteiger partial charge >= 0.3 is 6.03 Å². The highest BCUT2D eigenvalue weighted by atomic mass is 79.9. The molecule has 92 valence electrons. The summed E-state index contributed by atoms with van der Waals surface area (Å²) in [6.45, 7) is 1.88. The Morgan fingerprint density at radius 1 is 1.22 bits per heavy atom. The average molecular weight is 308 g/mol. The minimum Gasteiger partial charge on any atom is -0.306 e. The van der Waals surface area contributed by atoms with Gasteiger partial charge in [0.25, 0.3) is 0 Å². The van der Waals surface area contributed by atoms with Crippen molar-refractivity contribution in [2.45, 2.75) is 6.92 Å². The molecule has 0 aliphatic rings. The van der Waals surface area contributed by atoms with Gasteiger partial charge in [-0.3, -0.25) is 15.3 Å². The van der Waals surface area contributed by atoms with Gasteiger partial charge in [0.1, 0.15) is 4.60 Å². The first-order valence-electron chi connectivity index (χ1n) is 5.12. The van der Waals surface area contributed by atoms with Gasteiger partial charge in [-0.25, -0.2) is 9.78 Å². The van der Waals surface area contributed by atoms with Crippen LogP contribution in [0.4, 0.5) is 16.3 Å². The van der Waals surface area contributed by atoms with Crippen molar-refractivity contribution in [2.24, 2.45) is 0 Å². The zero-order chi connectivity index (χ0) is 13.0. The molecule has 2 heterocycles. The van der Waals surface area contributed by atoms with Crippen LogP contribution in [-0.2, 0) is 0 Å². The average Bonchev–Trinajstić information content (AvgIpc) is 2.32. The molecule has 2 amide bonds. The molecule has 0 aliphatic heterocycles. The first-order valence-corrected chi connectivity index (χ1v) is 5.91. The van der Waals surface area contributed by atoms with E-state index in [0.717, 1.165) is 5.69 Å². The Bertz CT molecular complexity index is 558. The summed E-state index contributed by atoms with van der Waals surface area (Å²) in [6.07, 6.45) is 4.58. The first kappa shape index (κ1) is 12.4. The number of aryl methyl sites for hydroxylation is 1. The van der Waals surface area contributed by atoms with E-state index in [4.69, 9.17) is 0 Å². The van der Waals surface area contributed by atoms with Gasteiger partial charge in [-0.05, 0) is 35.0 Å². The number of anilines is 2. The van der Waals surface area contributed by atoms with Crippen LogP contribution in [0.15, 0.2) is 35.3 Å². The van der Waals surface area contributed by atoms with Crippen molar-refractivity contribution in [1.82, 2.24) is 15.0 Å². The van der Waals surface area contributed by atoms with E-state index in [1.165, 1.54) is 12.4 Å². The van der Waals surface area contributed by atoms with Crippen molar-refractivity contribution in [2.75, 3.05) is 10.6 Å². The second-order valence-electron chi connectivity index (χ2n) is 3.49. The van der Waals surface area contributed by atoms with Gasteiger partial charge in [-0.2, -0.15) is 0 Å². The van der Waals surface area contributed by atoms with Gasteiger partial charge in [0.05, 0.1) is 24.3 Å². The number of nitrogens with zero attached hydrogens (tertiary/aromatic N) is 3. The van der Waals surface area contributed by atoms with Gasteiger partial charge in [0, 0.05) is 5.69 Å². The number of nitrogens with one attached hydrogen (secondary N) is 2. The molecule has 6 nitrogen and oxygen atoms in total. The molecular weight excluding hydrogens is 298 g/mol. The number of carbonyl (C=O) groups is 1. The molecule has 2 aromatic heterocycles. The number of carbonyl (C=O) groups excluding carboxylic acids is 1. The van der Waals surface area contributed by atoms with Crippen molar-refractivity contribution in [3.8, 4) is 0 Å². The number of amides is 2. The predicted octanol–water partition coefficient (Wildman–Crippen LogP) is 2.59. The summed E-state index contributed by atoms with van der Waals surface area (Å²) in [7, 11) is 0. The van der Waals surface area contributed by atoms with E-state index in [1.54, 1.807) is 12.3 Å². The molecule has 0 aromatic carbocycles. The van der Waals surface area contributed by atoms with Gasteiger partial charge in [0.15, 0.2) is 5.82 Å². The molecule has 18 heavy (non-hydrogen) atoms. The van der Waals surface area contributed by atoms with Crippen molar-refractivity contribution in [1.29, 1.82) is 0 Å². The number of urea groups is 1.